The quantitative estimate of drug-likeness (QED) is 0.917. The summed E-state index contributed by atoms with van der Waals surface area (Å²) in [5.74, 6) is 0.244. The zero-order valence-corrected chi connectivity index (χ0v) is 10.7. The molecule has 0 bridgehead atoms. The van der Waals surface area contributed by atoms with Gasteiger partial charge in [0.15, 0.2) is 0 Å². The molecule has 0 radical (unpaired) electrons. The molecule has 1 aromatic heterocycles. The second-order valence-corrected chi connectivity index (χ2v) is 4.22. The number of hydrogen-bond acceptors (Lipinski definition) is 4. The van der Waals surface area contributed by atoms with Gasteiger partial charge in [-0.2, -0.15) is 5.26 Å². The van der Waals surface area contributed by atoms with Crippen LogP contribution in [-0.2, 0) is 6.54 Å². The molecule has 96 valence electrons. The molecule has 5 heteroatoms. The van der Waals surface area contributed by atoms with Crippen molar-refractivity contribution in [3.05, 3.63) is 52.7 Å². The Morgan fingerprint density at radius 2 is 2.16 bits per heavy atom. The summed E-state index contributed by atoms with van der Waals surface area (Å²) in [7, 11) is 0. The van der Waals surface area contributed by atoms with Crippen LogP contribution in [0.25, 0.3) is 0 Å². The van der Waals surface area contributed by atoms with E-state index in [4.69, 9.17) is 5.26 Å². The summed E-state index contributed by atoms with van der Waals surface area (Å²) in [5.41, 5.74) is 2.36. The molecule has 0 saturated carbocycles. The highest BCUT2D eigenvalue weighted by Crippen LogP contribution is 2.14. The second kappa shape index (κ2) is 5.44. The molecule has 0 fully saturated rings. The maximum atomic E-state index is 13.7. The number of aryl methyl sites for hydroxylation is 2. The molecule has 0 spiro atoms. The molecule has 0 saturated heterocycles. The number of benzene rings is 1. The van der Waals surface area contributed by atoms with Crippen LogP contribution in [0.15, 0.2) is 24.4 Å². The van der Waals surface area contributed by atoms with Crippen molar-refractivity contribution in [2.75, 3.05) is 5.32 Å². The van der Waals surface area contributed by atoms with Gasteiger partial charge in [0.1, 0.15) is 11.6 Å². The third-order valence-electron chi connectivity index (χ3n) is 2.70. The molecule has 19 heavy (non-hydrogen) atoms. The van der Waals surface area contributed by atoms with Crippen LogP contribution in [0.3, 0.4) is 0 Å². The van der Waals surface area contributed by atoms with Gasteiger partial charge in [-0.05, 0) is 26.0 Å². The zero-order valence-electron chi connectivity index (χ0n) is 10.7. The van der Waals surface area contributed by atoms with E-state index in [0.717, 1.165) is 11.4 Å². The molecule has 0 amide bonds. The van der Waals surface area contributed by atoms with E-state index in [2.05, 4.69) is 15.3 Å². The highest BCUT2D eigenvalue weighted by atomic mass is 19.1. The maximum absolute atomic E-state index is 13.7. The Balaban J connectivity index is 2.15. The average Bonchev–Trinajstić information content (AvgIpc) is 2.40. The second-order valence-electron chi connectivity index (χ2n) is 4.22. The van der Waals surface area contributed by atoms with Crippen LogP contribution < -0.4 is 5.32 Å². The largest absolute Gasteiger partial charge is 0.364 e. The van der Waals surface area contributed by atoms with E-state index in [0.29, 0.717) is 23.5 Å². The molecule has 0 aliphatic heterocycles. The van der Waals surface area contributed by atoms with E-state index in [-0.39, 0.29) is 0 Å². The first kappa shape index (κ1) is 13.0. The molecule has 0 aliphatic carbocycles. The van der Waals surface area contributed by atoms with Gasteiger partial charge in [-0.1, -0.05) is 6.07 Å². The van der Waals surface area contributed by atoms with Crippen molar-refractivity contribution in [2.24, 2.45) is 0 Å². The predicted octanol–water partition coefficient (Wildman–Crippen LogP) is 2.72. The van der Waals surface area contributed by atoms with Crippen molar-refractivity contribution >= 4 is 5.82 Å². The molecule has 1 N–H and O–H groups in total. The lowest BCUT2D eigenvalue weighted by Crippen LogP contribution is -2.06. The molecule has 1 heterocycles. The van der Waals surface area contributed by atoms with Gasteiger partial charge in [-0.3, -0.25) is 4.98 Å². The summed E-state index contributed by atoms with van der Waals surface area (Å²) in [5, 5.41) is 11.7. The van der Waals surface area contributed by atoms with Crippen LogP contribution in [0.1, 0.15) is 22.5 Å². The summed E-state index contributed by atoms with van der Waals surface area (Å²) in [6.45, 7) is 3.99. The van der Waals surface area contributed by atoms with Gasteiger partial charge in [-0.25, -0.2) is 9.37 Å². The van der Waals surface area contributed by atoms with Gasteiger partial charge in [0.25, 0.3) is 0 Å². The molecule has 0 atom stereocenters. The third kappa shape index (κ3) is 3.05. The molecule has 0 aliphatic rings. The van der Waals surface area contributed by atoms with Crippen molar-refractivity contribution in [2.45, 2.75) is 20.4 Å². The molecule has 2 aromatic rings. The first-order chi connectivity index (χ1) is 9.10. The summed E-state index contributed by atoms with van der Waals surface area (Å²) in [6, 6.07) is 6.32. The fourth-order valence-electron chi connectivity index (χ4n) is 1.64. The number of halogens is 1. The lowest BCUT2D eigenvalue weighted by molar-refractivity contribution is 0.612. The first-order valence-corrected chi connectivity index (χ1v) is 5.83. The Kier molecular flexibility index (Phi) is 3.71. The van der Waals surface area contributed by atoms with E-state index in [1.54, 1.807) is 18.3 Å². The number of anilines is 1. The van der Waals surface area contributed by atoms with Gasteiger partial charge in [0.2, 0.25) is 0 Å². The zero-order chi connectivity index (χ0) is 13.8. The van der Waals surface area contributed by atoms with E-state index in [1.807, 2.05) is 19.9 Å². The van der Waals surface area contributed by atoms with Crippen LogP contribution >= 0.6 is 0 Å². The topological polar surface area (TPSA) is 61.6 Å². The Hall–Kier alpha value is -2.48. The SMILES string of the molecule is Cc1cnc(C)c(NCc2ccc(C#N)cc2F)n1. The van der Waals surface area contributed by atoms with Crippen molar-refractivity contribution in [1.82, 2.24) is 9.97 Å². The highest BCUT2D eigenvalue weighted by Gasteiger charge is 2.06. The molecule has 1 aromatic carbocycles. The maximum Gasteiger partial charge on any atom is 0.148 e. The van der Waals surface area contributed by atoms with Gasteiger partial charge in [0.05, 0.1) is 23.0 Å². The van der Waals surface area contributed by atoms with E-state index in [1.165, 1.54) is 6.07 Å². The van der Waals surface area contributed by atoms with Gasteiger partial charge >= 0.3 is 0 Å². The van der Waals surface area contributed by atoms with Crippen LogP contribution in [-0.4, -0.2) is 9.97 Å². The van der Waals surface area contributed by atoms with Gasteiger partial charge < -0.3 is 5.32 Å². The Bertz CT molecular complexity index is 646. The smallest absolute Gasteiger partial charge is 0.148 e. The predicted molar refractivity (Wildman–Crippen MR) is 69.9 cm³/mol. The van der Waals surface area contributed by atoms with Gasteiger partial charge in [-0.15, -0.1) is 0 Å². The molecular formula is C14H13FN4. The molecule has 4 nitrogen and oxygen atoms in total. The van der Waals surface area contributed by atoms with Crippen LogP contribution in [0, 0.1) is 31.0 Å². The third-order valence-corrected chi connectivity index (χ3v) is 2.70. The van der Waals surface area contributed by atoms with Crippen LogP contribution in [0.4, 0.5) is 10.2 Å². The Morgan fingerprint density at radius 3 is 2.84 bits per heavy atom. The number of nitrogens with one attached hydrogen (secondary N) is 1. The molecule has 2 rings (SSSR count). The number of aromatic nitrogens is 2. The van der Waals surface area contributed by atoms with Crippen molar-refractivity contribution in [1.29, 1.82) is 5.26 Å². The van der Waals surface area contributed by atoms with E-state index >= 15 is 0 Å². The average molecular weight is 256 g/mol. The summed E-state index contributed by atoms with van der Waals surface area (Å²) in [6.07, 6.45) is 1.68. The first-order valence-electron chi connectivity index (χ1n) is 5.83. The van der Waals surface area contributed by atoms with Crippen molar-refractivity contribution < 1.29 is 4.39 Å². The lowest BCUT2D eigenvalue weighted by Gasteiger charge is -2.09. The molecule has 0 unspecified atom stereocenters. The van der Waals surface area contributed by atoms with Crippen molar-refractivity contribution in [3.8, 4) is 6.07 Å². The minimum atomic E-state index is -0.398. The number of nitrogens with zero attached hydrogens (tertiary/aromatic N) is 3. The van der Waals surface area contributed by atoms with E-state index in [9.17, 15) is 4.39 Å². The minimum Gasteiger partial charge on any atom is -0.364 e. The van der Waals surface area contributed by atoms with Crippen LogP contribution in [0.2, 0.25) is 0 Å². The summed E-state index contributed by atoms with van der Waals surface area (Å²) < 4.78 is 13.7. The molecular weight excluding hydrogens is 243 g/mol. The highest BCUT2D eigenvalue weighted by molar-refractivity contribution is 5.41. The van der Waals surface area contributed by atoms with Gasteiger partial charge in [0, 0.05) is 18.3 Å². The minimum absolute atomic E-state index is 0.302. The summed E-state index contributed by atoms with van der Waals surface area (Å²) >= 11 is 0. The normalized spacial score (nSPS) is 10.0. The fourth-order valence-corrected chi connectivity index (χ4v) is 1.64. The number of nitriles is 1. The monoisotopic (exact) mass is 256 g/mol. The van der Waals surface area contributed by atoms with E-state index < -0.39 is 5.82 Å². The van der Waals surface area contributed by atoms with Crippen LogP contribution in [0.5, 0.6) is 0 Å². The summed E-state index contributed by atoms with van der Waals surface area (Å²) in [4.78, 5) is 8.48. The number of hydrogen-bond donors (Lipinski definition) is 1. The fraction of sp³-hybridized carbons (Fsp3) is 0.214. The Labute approximate surface area is 110 Å². The van der Waals surface area contributed by atoms with Crippen molar-refractivity contribution in [3.63, 3.8) is 0 Å². The number of rotatable bonds is 3. The Morgan fingerprint density at radius 1 is 1.37 bits per heavy atom. The standard InChI is InChI=1S/C14H13FN4/c1-9-7-17-10(2)14(19-9)18-8-12-4-3-11(6-16)5-13(12)15/h3-5,7H,8H2,1-2H3,(H,18,19). The lowest BCUT2D eigenvalue weighted by atomic mass is 10.1.